The third-order valence-corrected chi connectivity index (χ3v) is 3.07. The van der Waals surface area contributed by atoms with Gasteiger partial charge in [0.05, 0.1) is 10.7 Å². The fourth-order valence-corrected chi connectivity index (χ4v) is 1.87. The molecule has 0 saturated carbocycles. The summed E-state index contributed by atoms with van der Waals surface area (Å²) in [7, 11) is 0. The number of carbonyl (C=O) groups is 1. The van der Waals surface area contributed by atoms with Gasteiger partial charge in [-0.1, -0.05) is 29.8 Å². The van der Waals surface area contributed by atoms with Crippen molar-refractivity contribution < 1.29 is 4.79 Å². The molecule has 0 aromatic heterocycles. The van der Waals surface area contributed by atoms with Gasteiger partial charge in [0.25, 0.3) is 5.91 Å². The Morgan fingerprint density at radius 2 is 1.83 bits per heavy atom. The zero-order valence-electron chi connectivity index (χ0n) is 9.91. The van der Waals surface area contributed by atoms with Gasteiger partial charge in [-0.25, -0.2) is 0 Å². The highest BCUT2D eigenvalue weighted by Crippen LogP contribution is 2.25. The van der Waals surface area contributed by atoms with E-state index >= 15 is 0 Å². The monoisotopic (exact) mass is 260 g/mol. The maximum Gasteiger partial charge on any atom is 0.256 e. The van der Waals surface area contributed by atoms with Gasteiger partial charge in [0, 0.05) is 11.3 Å². The van der Waals surface area contributed by atoms with Crippen LogP contribution in [0.5, 0.6) is 0 Å². The zero-order chi connectivity index (χ0) is 13.1. The number of para-hydroxylation sites is 1. The fourth-order valence-electron chi connectivity index (χ4n) is 1.66. The molecule has 0 radical (unpaired) electrons. The molecule has 3 nitrogen and oxygen atoms in total. The van der Waals surface area contributed by atoms with Gasteiger partial charge in [0.15, 0.2) is 0 Å². The molecule has 0 bridgehead atoms. The van der Waals surface area contributed by atoms with Gasteiger partial charge in [-0.15, -0.1) is 0 Å². The first kappa shape index (κ1) is 12.5. The molecule has 0 atom stereocenters. The molecule has 1 amide bonds. The van der Waals surface area contributed by atoms with Crippen molar-refractivity contribution in [3.63, 3.8) is 0 Å². The van der Waals surface area contributed by atoms with Crippen LogP contribution in [0.15, 0.2) is 42.5 Å². The third-order valence-electron chi connectivity index (χ3n) is 2.74. The predicted molar refractivity (Wildman–Crippen MR) is 75.0 cm³/mol. The van der Waals surface area contributed by atoms with E-state index in [1.165, 1.54) is 0 Å². The molecular formula is C14H13ClN2O. The molecule has 0 heterocycles. The van der Waals surface area contributed by atoms with Crippen LogP contribution in [0.4, 0.5) is 11.4 Å². The highest BCUT2D eigenvalue weighted by molar-refractivity contribution is 6.33. The van der Waals surface area contributed by atoms with Crippen molar-refractivity contribution in [3.05, 3.63) is 58.6 Å². The lowest BCUT2D eigenvalue weighted by Crippen LogP contribution is -2.14. The van der Waals surface area contributed by atoms with E-state index in [1.54, 1.807) is 19.1 Å². The first-order valence-corrected chi connectivity index (χ1v) is 5.88. The van der Waals surface area contributed by atoms with E-state index in [0.717, 1.165) is 5.69 Å². The van der Waals surface area contributed by atoms with Crippen LogP contribution in [0.3, 0.4) is 0 Å². The van der Waals surface area contributed by atoms with Gasteiger partial charge in [0.2, 0.25) is 0 Å². The molecule has 0 aliphatic rings. The van der Waals surface area contributed by atoms with E-state index in [1.807, 2.05) is 30.3 Å². The topological polar surface area (TPSA) is 55.1 Å². The van der Waals surface area contributed by atoms with Crippen molar-refractivity contribution in [1.29, 1.82) is 0 Å². The summed E-state index contributed by atoms with van der Waals surface area (Å²) in [6.07, 6.45) is 0. The van der Waals surface area contributed by atoms with Crippen LogP contribution >= 0.6 is 11.6 Å². The standard InChI is InChI=1S/C14H13ClN2O/c1-9-11(7-8-12(15)13(9)16)14(18)17-10-5-3-2-4-6-10/h2-8H,16H2,1H3,(H,17,18). The Morgan fingerprint density at radius 1 is 1.17 bits per heavy atom. The van der Waals surface area contributed by atoms with Crippen LogP contribution in [-0.2, 0) is 0 Å². The van der Waals surface area contributed by atoms with Crippen LogP contribution < -0.4 is 11.1 Å². The number of carbonyl (C=O) groups excluding carboxylic acids is 1. The van der Waals surface area contributed by atoms with Crippen molar-refractivity contribution >= 4 is 28.9 Å². The van der Waals surface area contributed by atoms with Gasteiger partial charge in [-0.2, -0.15) is 0 Å². The Balaban J connectivity index is 2.28. The van der Waals surface area contributed by atoms with E-state index in [2.05, 4.69) is 5.32 Å². The molecule has 92 valence electrons. The second-order valence-electron chi connectivity index (χ2n) is 3.95. The van der Waals surface area contributed by atoms with Crippen molar-refractivity contribution in [3.8, 4) is 0 Å². The summed E-state index contributed by atoms with van der Waals surface area (Å²) < 4.78 is 0. The zero-order valence-corrected chi connectivity index (χ0v) is 10.7. The summed E-state index contributed by atoms with van der Waals surface area (Å²) in [6.45, 7) is 1.78. The molecule has 0 fully saturated rings. The molecule has 0 aliphatic carbocycles. The number of halogens is 1. The Kier molecular flexibility index (Phi) is 3.53. The fraction of sp³-hybridized carbons (Fsp3) is 0.0714. The molecule has 0 unspecified atom stereocenters. The number of nitrogen functional groups attached to an aromatic ring is 1. The van der Waals surface area contributed by atoms with Gasteiger partial charge >= 0.3 is 0 Å². The molecular weight excluding hydrogens is 248 g/mol. The average Bonchev–Trinajstić information content (AvgIpc) is 2.37. The van der Waals surface area contributed by atoms with Crippen molar-refractivity contribution in [1.82, 2.24) is 0 Å². The smallest absolute Gasteiger partial charge is 0.256 e. The van der Waals surface area contributed by atoms with Crippen molar-refractivity contribution in [2.75, 3.05) is 11.1 Å². The van der Waals surface area contributed by atoms with E-state index in [-0.39, 0.29) is 5.91 Å². The minimum atomic E-state index is -0.193. The van der Waals surface area contributed by atoms with Crippen molar-refractivity contribution in [2.45, 2.75) is 6.92 Å². The van der Waals surface area contributed by atoms with E-state index in [4.69, 9.17) is 17.3 Å². The lowest BCUT2D eigenvalue weighted by Gasteiger charge is -2.10. The second kappa shape index (κ2) is 5.10. The third kappa shape index (κ3) is 2.46. The number of anilines is 2. The molecule has 2 aromatic rings. The van der Waals surface area contributed by atoms with Gasteiger partial charge in [-0.05, 0) is 36.8 Å². The number of hydrogen-bond donors (Lipinski definition) is 2. The highest BCUT2D eigenvalue weighted by atomic mass is 35.5. The summed E-state index contributed by atoms with van der Waals surface area (Å²) >= 11 is 5.89. The highest BCUT2D eigenvalue weighted by Gasteiger charge is 2.12. The van der Waals surface area contributed by atoms with Crippen LogP contribution in [0, 0.1) is 6.92 Å². The van der Waals surface area contributed by atoms with Gasteiger partial charge in [-0.3, -0.25) is 4.79 Å². The molecule has 0 aliphatic heterocycles. The van der Waals surface area contributed by atoms with Crippen molar-refractivity contribution in [2.24, 2.45) is 0 Å². The normalized spacial score (nSPS) is 10.1. The quantitative estimate of drug-likeness (QED) is 0.812. The van der Waals surface area contributed by atoms with Crippen LogP contribution in [0.2, 0.25) is 5.02 Å². The summed E-state index contributed by atoms with van der Waals surface area (Å²) in [5.74, 6) is -0.193. The summed E-state index contributed by atoms with van der Waals surface area (Å²) in [4.78, 5) is 12.1. The van der Waals surface area contributed by atoms with Crippen LogP contribution in [0.25, 0.3) is 0 Å². The van der Waals surface area contributed by atoms with E-state index < -0.39 is 0 Å². The molecule has 2 rings (SSSR count). The summed E-state index contributed by atoms with van der Waals surface area (Å²) in [5.41, 5.74) is 8.21. The Bertz CT molecular complexity index is 582. The first-order chi connectivity index (χ1) is 8.59. The Labute approximate surface area is 111 Å². The SMILES string of the molecule is Cc1c(C(=O)Nc2ccccc2)ccc(Cl)c1N. The van der Waals surface area contributed by atoms with Crippen LogP contribution in [-0.4, -0.2) is 5.91 Å². The number of benzene rings is 2. The van der Waals surface area contributed by atoms with E-state index in [9.17, 15) is 4.79 Å². The number of nitrogens with one attached hydrogen (secondary N) is 1. The summed E-state index contributed by atoms with van der Waals surface area (Å²) in [5, 5.41) is 3.27. The number of nitrogens with two attached hydrogens (primary N) is 1. The maximum atomic E-state index is 12.1. The van der Waals surface area contributed by atoms with Gasteiger partial charge in [0.1, 0.15) is 0 Å². The minimum Gasteiger partial charge on any atom is -0.397 e. The Morgan fingerprint density at radius 3 is 2.50 bits per heavy atom. The molecule has 2 aromatic carbocycles. The van der Waals surface area contributed by atoms with Gasteiger partial charge < -0.3 is 11.1 Å². The number of hydrogen-bond acceptors (Lipinski definition) is 2. The lowest BCUT2D eigenvalue weighted by atomic mass is 10.1. The lowest BCUT2D eigenvalue weighted by molar-refractivity contribution is 0.102. The Hall–Kier alpha value is -2.00. The van der Waals surface area contributed by atoms with Crippen LogP contribution in [0.1, 0.15) is 15.9 Å². The molecule has 3 N–H and O–H groups in total. The predicted octanol–water partition coefficient (Wildman–Crippen LogP) is 3.48. The van der Waals surface area contributed by atoms with E-state index in [0.29, 0.717) is 21.8 Å². The average molecular weight is 261 g/mol. The first-order valence-electron chi connectivity index (χ1n) is 5.50. The maximum absolute atomic E-state index is 12.1. The number of amides is 1. The molecule has 18 heavy (non-hydrogen) atoms. The summed E-state index contributed by atoms with van der Waals surface area (Å²) in [6, 6.07) is 12.6. The second-order valence-corrected chi connectivity index (χ2v) is 4.36. The number of rotatable bonds is 2. The molecule has 4 heteroatoms. The minimum absolute atomic E-state index is 0.193. The largest absolute Gasteiger partial charge is 0.397 e. The molecule has 0 saturated heterocycles. The molecule has 0 spiro atoms.